The minimum atomic E-state index is -4.38. The molecule has 0 amide bonds. The summed E-state index contributed by atoms with van der Waals surface area (Å²) in [5.41, 5.74) is 0.455. The van der Waals surface area contributed by atoms with Crippen LogP contribution in [0.1, 0.15) is 5.56 Å². The van der Waals surface area contributed by atoms with Crippen LogP contribution in [0.3, 0.4) is 0 Å². The van der Waals surface area contributed by atoms with Gasteiger partial charge in [0.25, 0.3) is 0 Å². The highest BCUT2D eigenvalue weighted by molar-refractivity contribution is 5.87. The van der Waals surface area contributed by atoms with Crippen LogP contribution in [0.2, 0.25) is 0 Å². The van der Waals surface area contributed by atoms with Crippen molar-refractivity contribution in [3.05, 3.63) is 66.5 Å². The molecule has 3 rings (SSSR count). The van der Waals surface area contributed by atoms with E-state index in [4.69, 9.17) is 0 Å². The molecule has 0 saturated heterocycles. The van der Waals surface area contributed by atoms with E-state index in [1.54, 1.807) is 6.07 Å². The number of hydrogen-bond acceptors (Lipinski definition) is 1. The van der Waals surface area contributed by atoms with E-state index >= 15 is 0 Å². The molecule has 0 unspecified atom stereocenters. The van der Waals surface area contributed by atoms with E-state index < -0.39 is 11.7 Å². The lowest BCUT2D eigenvalue weighted by molar-refractivity contribution is -0.137. The molecule has 0 radical (unpaired) electrons. The van der Waals surface area contributed by atoms with Crippen LogP contribution in [-0.4, -0.2) is 4.98 Å². The molecular formula is C16H10F3N. The predicted octanol–water partition coefficient (Wildman–Crippen LogP) is 4.92. The average molecular weight is 273 g/mol. The summed E-state index contributed by atoms with van der Waals surface area (Å²) in [5.74, 6) is 0. The maximum absolute atomic E-state index is 12.7. The van der Waals surface area contributed by atoms with Crippen molar-refractivity contribution in [1.82, 2.24) is 4.98 Å². The summed E-state index contributed by atoms with van der Waals surface area (Å²) in [7, 11) is 0. The third-order valence-electron chi connectivity index (χ3n) is 3.15. The highest BCUT2D eigenvalue weighted by Gasteiger charge is 2.31. The Morgan fingerprint density at radius 1 is 0.750 bits per heavy atom. The van der Waals surface area contributed by atoms with Gasteiger partial charge in [0.15, 0.2) is 0 Å². The number of nitrogens with zero attached hydrogens (tertiary/aromatic N) is 1. The number of hydrogen-bond donors (Lipinski definition) is 0. The Morgan fingerprint density at radius 2 is 1.50 bits per heavy atom. The Morgan fingerprint density at radius 3 is 2.25 bits per heavy atom. The molecule has 0 bridgehead atoms. The molecule has 0 N–H and O–H groups in total. The molecular weight excluding hydrogens is 263 g/mol. The van der Waals surface area contributed by atoms with Crippen molar-refractivity contribution in [1.29, 1.82) is 0 Å². The van der Waals surface area contributed by atoms with Crippen molar-refractivity contribution >= 4 is 10.8 Å². The number of alkyl halides is 3. The number of aromatic nitrogens is 1. The van der Waals surface area contributed by atoms with Crippen LogP contribution in [-0.2, 0) is 6.18 Å². The number of halogens is 3. The topological polar surface area (TPSA) is 12.9 Å². The molecule has 1 heterocycles. The monoisotopic (exact) mass is 273 g/mol. The van der Waals surface area contributed by atoms with Gasteiger partial charge in [-0.3, -0.25) is 4.98 Å². The summed E-state index contributed by atoms with van der Waals surface area (Å²) < 4.78 is 38.1. The molecule has 0 spiro atoms. The predicted molar refractivity (Wildman–Crippen MR) is 72.2 cm³/mol. The summed E-state index contributed by atoms with van der Waals surface area (Å²) in [6.07, 6.45) is -2.09. The minimum Gasteiger partial charge on any atom is -0.263 e. The van der Waals surface area contributed by atoms with Crippen LogP contribution in [0.5, 0.6) is 0 Å². The van der Waals surface area contributed by atoms with Crippen molar-refractivity contribution in [2.75, 3.05) is 0 Å². The lowest BCUT2D eigenvalue weighted by Gasteiger charge is -2.08. The largest absolute Gasteiger partial charge is 0.417 e. The van der Waals surface area contributed by atoms with Gasteiger partial charge in [-0.2, -0.15) is 13.2 Å². The lowest BCUT2D eigenvalue weighted by atomic mass is 10.0. The highest BCUT2D eigenvalue weighted by atomic mass is 19.4. The highest BCUT2D eigenvalue weighted by Crippen LogP contribution is 2.32. The fourth-order valence-electron chi connectivity index (χ4n) is 2.12. The molecule has 0 saturated carbocycles. The SMILES string of the molecule is FC(F)(F)c1cncc(-c2ccc3ccccc3c2)c1. The van der Waals surface area contributed by atoms with Crippen molar-refractivity contribution in [2.24, 2.45) is 0 Å². The quantitative estimate of drug-likeness (QED) is 0.613. The molecule has 4 heteroatoms. The molecule has 0 aliphatic carbocycles. The number of pyridine rings is 1. The van der Waals surface area contributed by atoms with Crippen LogP contribution in [0.15, 0.2) is 60.9 Å². The standard InChI is InChI=1S/C16H10F3N/c17-16(18,19)15-8-14(9-20-10-15)13-6-5-11-3-1-2-4-12(11)7-13/h1-10H. The molecule has 1 aromatic heterocycles. The van der Waals surface area contributed by atoms with Crippen molar-refractivity contribution < 1.29 is 13.2 Å². The van der Waals surface area contributed by atoms with Gasteiger partial charge >= 0.3 is 6.18 Å². The Balaban J connectivity index is 2.11. The van der Waals surface area contributed by atoms with Crippen molar-refractivity contribution in [3.8, 4) is 11.1 Å². The molecule has 0 aliphatic heterocycles. The first-order chi connectivity index (χ1) is 9.54. The third-order valence-corrected chi connectivity index (χ3v) is 3.15. The molecule has 20 heavy (non-hydrogen) atoms. The normalized spacial score (nSPS) is 11.8. The van der Waals surface area contributed by atoms with Gasteiger partial charge in [0.2, 0.25) is 0 Å². The Kier molecular flexibility index (Phi) is 2.93. The summed E-state index contributed by atoms with van der Waals surface area (Å²) >= 11 is 0. The van der Waals surface area contributed by atoms with Crippen LogP contribution in [0, 0.1) is 0 Å². The third kappa shape index (κ3) is 2.37. The zero-order valence-electron chi connectivity index (χ0n) is 10.4. The molecule has 0 fully saturated rings. The number of rotatable bonds is 1. The van der Waals surface area contributed by atoms with Gasteiger partial charge in [0.05, 0.1) is 5.56 Å². The van der Waals surface area contributed by atoms with E-state index in [9.17, 15) is 13.2 Å². The molecule has 2 aromatic carbocycles. The second-order valence-corrected chi connectivity index (χ2v) is 4.52. The van der Waals surface area contributed by atoms with Gasteiger partial charge in [-0.25, -0.2) is 0 Å². The Hall–Kier alpha value is -2.36. The zero-order chi connectivity index (χ0) is 14.2. The first kappa shape index (κ1) is 12.7. The average Bonchev–Trinajstić information content (AvgIpc) is 2.46. The van der Waals surface area contributed by atoms with Crippen molar-refractivity contribution in [3.63, 3.8) is 0 Å². The first-order valence-corrected chi connectivity index (χ1v) is 6.05. The fourth-order valence-corrected chi connectivity index (χ4v) is 2.12. The van der Waals surface area contributed by atoms with E-state index in [1.807, 2.05) is 36.4 Å². The first-order valence-electron chi connectivity index (χ1n) is 6.05. The fraction of sp³-hybridized carbons (Fsp3) is 0.0625. The van der Waals surface area contributed by atoms with Gasteiger partial charge < -0.3 is 0 Å². The van der Waals surface area contributed by atoms with Gasteiger partial charge in [-0.05, 0) is 28.5 Å². The second kappa shape index (κ2) is 4.63. The van der Waals surface area contributed by atoms with E-state index in [-0.39, 0.29) is 0 Å². The van der Waals surface area contributed by atoms with E-state index in [0.29, 0.717) is 5.56 Å². The number of benzene rings is 2. The minimum absolute atomic E-state index is 0.463. The Labute approximate surface area is 113 Å². The maximum atomic E-state index is 12.7. The summed E-state index contributed by atoms with van der Waals surface area (Å²) in [4.78, 5) is 3.69. The van der Waals surface area contributed by atoms with Gasteiger partial charge in [-0.15, -0.1) is 0 Å². The van der Waals surface area contributed by atoms with E-state index in [1.165, 1.54) is 6.20 Å². The van der Waals surface area contributed by atoms with Crippen LogP contribution < -0.4 is 0 Å². The molecule has 100 valence electrons. The summed E-state index contributed by atoms with van der Waals surface area (Å²) in [6.45, 7) is 0. The van der Waals surface area contributed by atoms with Gasteiger partial charge in [0.1, 0.15) is 0 Å². The molecule has 3 aromatic rings. The van der Waals surface area contributed by atoms with E-state index in [2.05, 4.69) is 4.98 Å². The maximum Gasteiger partial charge on any atom is 0.417 e. The van der Waals surface area contributed by atoms with Crippen LogP contribution >= 0.6 is 0 Å². The summed E-state index contributed by atoms with van der Waals surface area (Å²) in [6, 6.07) is 14.4. The summed E-state index contributed by atoms with van der Waals surface area (Å²) in [5, 5.41) is 2.04. The molecule has 0 aliphatic rings. The van der Waals surface area contributed by atoms with Crippen LogP contribution in [0.25, 0.3) is 21.9 Å². The number of fused-ring (bicyclic) bond motifs is 1. The van der Waals surface area contributed by atoms with E-state index in [0.717, 1.165) is 28.6 Å². The lowest BCUT2D eigenvalue weighted by Crippen LogP contribution is -2.05. The van der Waals surface area contributed by atoms with Gasteiger partial charge in [0, 0.05) is 18.0 Å². The Bertz CT molecular complexity index is 763. The molecule has 0 atom stereocenters. The van der Waals surface area contributed by atoms with Crippen molar-refractivity contribution in [2.45, 2.75) is 6.18 Å². The smallest absolute Gasteiger partial charge is 0.263 e. The van der Waals surface area contributed by atoms with Crippen LogP contribution in [0.4, 0.5) is 13.2 Å². The second-order valence-electron chi connectivity index (χ2n) is 4.52. The zero-order valence-corrected chi connectivity index (χ0v) is 10.4. The van der Waals surface area contributed by atoms with Gasteiger partial charge in [-0.1, -0.05) is 36.4 Å². The molecule has 1 nitrogen and oxygen atoms in total.